The van der Waals surface area contributed by atoms with Gasteiger partial charge in [0.2, 0.25) is 0 Å². The van der Waals surface area contributed by atoms with Crippen LogP contribution in [0.3, 0.4) is 0 Å². The molecule has 3 amide bonds. The van der Waals surface area contributed by atoms with Crippen LogP contribution in [-0.2, 0) is 17.5 Å². The summed E-state index contributed by atoms with van der Waals surface area (Å²) in [4.78, 5) is 30.2. The van der Waals surface area contributed by atoms with Crippen molar-refractivity contribution in [3.63, 3.8) is 0 Å². The van der Waals surface area contributed by atoms with E-state index in [1.54, 1.807) is 30.0 Å². The van der Waals surface area contributed by atoms with Crippen molar-refractivity contribution >= 4 is 17.6 Å². The molecule has 0 saturated heterocycles. The lowest BCUT2D eigenvalue weighted by Crippen LogP contribution is -2.47. The number of aliphatic hydroxyl groups excluding tert-OH is 1. The third-order valence-corrected chi connectivity index (χ3v) is 7.95. The zero-order valence-corrected chi connectivity index (χ0v) is 27.7. The third-order valence-electron chi connectivity index (χ3n) is 7.95. The Morgan fingerprint density at radius 2 is 1.80 bits per heavy atom. The van der Waals surface area contributed by atoms with E-state index in [0.29, 0.717) is 31.1 Å². The number of carbonyl (C=O) groups excluding carboxylic acids is 2. The number of carbonyl (C=O) groups is 2. The van der Waals surface area contributed by atoms with Gasteiger partial charge in [-0.25, -0.2) is 4.79 Å². The maximum absolute atomic E-state index is 14.2. The second-order valence-corrected chi connectivity index (χ2v) is 12.7. The lowest BCUT2D eigenvalue weighted by atomic mass is 10.0. The van der Waals surface area contributed by atoms with E-state index in [-0.39, 0.29) is 48.8 Å². The summed E-state index contributed by atoms with van der Waals surface area (Å²) >= 11 is 0. The molecule has 0 aromatic heterocycles. The number of likely N-dealkylation sites (N-methyl/N-ethyl adjacent to an activating group) is 1. The molecule has 0 unspecified atom stereocenters. The minimum atomic E-state index is -4.39. The number of urea groups is 1. The van der Waals surface area contributed by atoms with Crippen LogP contribution in [0.25, 0.3) is 0 Å². The number of hydrogen-bond acceptors (Lipinski definition) is 6. The minimum absolute atomic E-state index is 0.0744. The molecular weight excluding hydrogens is 601 g/mol. The van der Waals surface area contributed by atoms with Gasteiger partial charge in [0.25, 0.3) is 5.91 Å². The summed E-state index contributed by atoms with van der Waals surface area (Å²) in [7, 11) is 1.89. The highest BCUT2D eigenvalue weighted by Gasteiger charge is 2.31. The lowest BCUT2D eigenvalue weighted by molar-refractivity contribution is -0.137. The van der Waals surface area contributed by atoms with Gasteiger partial charge in [-0.2, -0.15) is 13.2 Å². The standard InChI is InChI=1S/C34H49F3N4O5/c1-22(2)38-33(44)39-28-14-15-30-29(17-28)32(43)41(24(4)21-42)18-23(3)31(45-16-8-7-9-25(5)46-30)20-40(6)19-26-10-12-27(13-11-26)34(35,36)37/h10-15,17,22-25,31,42H,7-9,16,18-21H2,1-6H3,(H2,38,39,44)/t23-,24-,25-,31+/m0/s1. The molecule has 12 heteroatoms. The number of rotatable bonds is 8. The maximum atomic E-state index is 14.2. The Balaban J connectivity index is 1.87. The number of nitrogens with one attached hydrogen (secondary N) is 2. The molecule has 4 atom stereocenters. The van der Waals surface area contributed by atoms with E-state index < -0.39 is 23.8 Å². The van der Waals surface area contributed by atoms with Gasteiger partial charge in [0.1, 0.15) is 5.75 Å². The summed E-state index contributed by atoms with van der Waals surface area (Å²) in [5, 5.41) is 15.7. The molecular formula is C34H49F3N4O5. The Morgan fingerprint density at radius 1 is 1.11 bits per heavy atom. The monoisotopic (exact) mass is 650 g/mol. The molecule has 0 bridgehead atoms. The zero-order valence-electron chi connectivity index (χ0n) is 27.7. The Morgan fingerprint density at radius 3 is 2.43 bits per heavy atom. The van der Waals surface area contributed by atoms with Gasteiger partial charge in [0.05, 0.1) is 36.0 Å². The summed E-state index contributed by atoms with van der Waals surface area (Å²) in [5.74, 6) is -0.119. The fourth-order valence-electron chi connectivity index (χ4n) is 5.37. The summed E-state index contributed by atoms with van der Waals surface area (Å²) in [5.41, 5.74) is 0.758. The van der Waals surface area contributed by atoms with E-state index in [1.165, 1.54) is 12.1 Å². The second-order valence-electron chi connectivity index (χ2n) is 12.7. The largest absolute Gasteiger partial charge is 0.490 e. The maximum Gasteiger partial charge on any atom is 0.416 e. The SMILES string of the molecule is CC(C)NC(=O)Nc1ccc2c(c1)C(=O)N([C@@H](C)CO)C[C@H](C)[C@@H](CN(C)Cc1ccc(C(F)(F)F)cc1)OCCCC[C@H](C)O2. The summed E-state index contributed by atoms with van der Waals surface area (Å²) < 4.78 is 51.7. The van der Waals surface area contributed by atoms with E-state index in [4.69, 9.17) is 9.47 Å². The fourth-order valence-corrected chi connectivity index (χ4v) is 5.37. The topological polar surface area (TPSA) is 103 Å². The molecule has 0 aliphatic carbocycles. The molecule has 1 heterocycles. The smallest absolute Gasteiger partial charge is 0.416 e. The van der Waals surface area contributed by atoms with Gasteiger partial charge in [-0.1, -0.05) is 19.1 Å². The quantitative estimate of drug-likeness (QED) is 0.316. The molecule has 0 fully saturated rings. The number of fused-ring (bicyclic) bond motifs is 1. The van der Waals surface area contributed by atoms with Crippen molar-refractivity contribution < 1.29 is 37.3 Å². The van der Waals surface area contributed by atoms with Gasteiger partial charge < -0.3 is 30.1 Å². The molecule has 9 nitrogen and oxygen atoms in total. The molecule has 3 rings (SSSR count). The summed E-state index contributed by atoms with van der Waals surface area (Å²) in [6.07, 6.45) is -2.50. The number of aliphatic hydroxyl groups is 1. The average molecular weight is 651 g/mol. The summed E-state index contributed by atoms with van der Waals surface area (Å²) in [6.45, 7) is 10.8. The van der Waals surface area contributed by atoms with Gasteiger partial charge in [0, 0.05) is 43.9 Å². The van der Waals surface area contributed by atoms with Crippen LogP contribution in [0.15, 0.2) is 42.5 Å². The number of halogens is 3. The molecule has 0 saturated carbocycles. The number of anilines is 1. The predicted octanol–water partition coefficient (Wildman–Crippen LogP) is 6.16. The molecule has 2 aromatic rings. The van der Waals surface area contributed by atoms with Crippen molar-refractivity contribution in [1.29, 1.82) is 0 Å². The second kappa shape index (κ2) is 17.0. The van der Waals surface area contributed by atoms with Gasteiger partial charge in [-0.15, -0.1) is 0 Å². The molecule has 256 valence electrons. The fraction of sp³-hybridized carbons (Fsp3) is 0.588. The number of nitrogens with zero attached hydrogens (tertiary/aromatic N) is 2. The van der Waals surface area contributed by atoms with Crippen LogP contribution >= 0.6 is 0 Å². The first kappa shape index (κ1) is 37.1. The van der Waals surface area contributed by atoms with Crippen LogP contribution in [0.1, 0.15) is 75.4 Å². The van der Waals surface area contributed by atoms with Crippen LogP contribution in [0.4, 0.5) is 23.7 Å². The third kappa shape index (κ3) is 11.2. The van der Waals surface area contributed by atoms with Gasteiger partial charge in [-0.05, 0) is 89.9 Å². The molecule has 0 radical (unpaired) electrons. The minimum Gasteiger partial charge on any atom is -0.490 e. The van der Waals surface area contributed by atoms with Crippen LogP contribution < -0.4 is 15.4 Å². The Bertz CT molecular complexity index is 1270. The number of ether oxygens (including phenoxy) is 2. The van der Waals surface area contributed by atoms with Crippen molar-refractivity contribution in [1.82, 2.24) is 15.1 Å². The zero-order chi connectivity index (χ0) is 34.0. The van der Waals surface area contributed by atoms with Crippen LogP contribution in [0.5, 0.6) is 5.75 Å². The van der Waals surface area contributed by atoms with Crippen LogP contribution in [0.2, 0.25) is 0 Å². The molecule has 46 heavy (non-hydrogen) atoms. The molecule has 2 aromatic carbocycles. The number of amides is 3. The van der Waals surface area contributed by atoms with Gasteiger partial charge in [-0.3, -0.25) is 9.69 Å². The van der Waals surface area contributed by atoms with E-state index >= 15 is 0 Å². The van der Waals surface area contributed by atoms with Crippen molar-refractivity contribution in [2.24, 2.45) is 5.92 Å². The molecule has 3 N–H and O–H groups in total. The van der Waals surface area contributed by atoms with Crippen molar-refractivity contribution in [3.8, 4) is 5.75 Å². The summed E-state index contributed by atoms with van der Waals surface area (Å²) in [6, 6.07) is 9.13. The van der Waals surface area contributed by atoms with E-state index in [2.05, 4.69) is 10.6 Å². The lowest BCUT2D eigenvalue weighted by Gasteiger charge is -2.36. The normalized spacial score (nSPS) is 20.9. The Labute approximate surface area is 270 Å². The Kier molecular flexibility index (Phi) is 13.7. The number of hydrogen-bond donors (Lipinski definition) is 3. The Hall–Kier alpha value is -3.35. The van der Waals surface area contributed by atoms with Crippen LogP contribution in [0, 0.1) is 5.92 Å². The van der Waals surface area contributed by atoms with E-state index in [9.17, 15) is 27.9 Å². The van der Waals surface area contributed by atoms with E-state index in [0.717, 1.165) is 37.0 Å². The van der Waals surface area contributed by atoms with Crippen molar-refractivity contribution in [2.75, 3.05) is 38.7 Å². The van der Waals surface area contributed by atoms with Crippen molar-refractivity contribution in [2.45, 2.75) is 90.9 Å². The molecule has 1 aliphatic heterocycles. The first-order chi connectivity index (χ1) is 21.7. The highest BCUT2D eigenvalue weighted by Crippen LogP contribution is 2.30. The molecule has 1 aliphatic rings. The number of benzene rings is 2. The first-order valence-electron chi connectivity index (χ1n) is 15.9. The van der Waals surface area contributed by atoms with Crippen molar-refractivity contribution in [3.05, 3.63) is 59.2 Å². The average Bonchev–Trinajstić information content (AvgIpc) is 2.98. The van der Waals surface area contributed by atoms with Crippen LogP contribution in [-0.4, -0.2) is 84.5 Å². The van der Waals surface area contributed by atoms with Gasteiger partial charge in [0.15, 0.2) is 0 Å². The van der Waals surface area contributed by atoms with E-state index in [1.807, 2.05) is 39.6 Å². The molecule has 0 spiro atoms. The predicted molar refractivity (Wildman–Crippen MR) is 172 cm³/mol. The highest BCUT2D eigenvalue weighted by atomic mass is 19.4. The highest BCUT2D eigenvalue weighted by molar-refractivity contribution is 5.99. The first-order valence-corrected chi connectivity index (χ1v) is 15.9. The number of alkyl halides is 3. The van der Waals surface area contributed by atoms with Gasteiger partial charge >= 0.3 is 12.2 Å².